The van der Waals surface area contributed by atoms with Gasteiger partial charge < -0.3 is 15.5 Å². The van der Waals surface area contributed by atoms with Crippen LogP contribution in [0.2, 0.25) is 0 Å². The maximum Gasteiger partial charge on any atom is 0.237 e. The van der Waals surface area contributed by atoms with E-state index < -0.39 is 0 Å². The second-order valence-corrected chi connectivity index (χ2v) is 6.00. The summed E-state index contributed by atoms with van der Waals surface area (Å²) >= 11 is 0. The van der Waals surface area contributed by atoms with Crippen molar-refractivity contribution in [2.45, 2.75) is 51.5 Å². The fourth-order valence-corrected chi connectivity index (χ4v) is 3.21. The molecule has 2 rings (SSSR count). The molecule has 4 nitrogen and oxygen atoms in total. The standard InChI is InChI=1S/C15H29N3O/c1-2-13-6-8-16-14(12-13)15(19)17-7-5-11-18-9-3-4-10-18/h13-14,16H,2-12H2,1H3,(H,17,19). The minimum absolute atomic E-state index is 0.0467. The van der Waals surface area contributed by atoms with Crippen LogP contribution in [-0.2, 0) is 4.79 Å². The van der Waals surface area contributed by atoms with Crippen molar-refractivity contribution in [1.82, 2.24) is 15.5 Å². The molecule has 19 heavy (non-hydrogen) atoms. The Morgan fingerprint density at radius 2 is 2.16 bits per heavy atom. The highest BCUT2D eigenvalue weighted by molar-refractivity contribution is 5.81. The van der Waals surface area contributed by atoms with Crippen molar-refractivity contribution in [2.24, 2.45) is 5.92 Å². The van der Waals surface area contributed by atoms with Crippen molar-refractivity contribution in [3.8, 4) is 0 Å². The van der Waals surface area contributed by atoms with Gasteiger partial charge in [0.25, 0.3) is 0 Å². The van der Waals surface area contributed by atoms with Gasteiger partial charge in [0, 0.05) is 6.54 Å². The van der Waals surface area contributed by atoms with E-state index in [1.807, 2.05) is 0 Å². The summed E-state index contributed by atoms with van der Waals surface area (Å²) < 4.78 is 0. The lowest BCUT2D eigenvalue weighted by atomic mass is 9.90. The molecular weight excluding hydrogens is 238 g/mol. The van der Waals surface area contributed by atoms with Crippen LogP contribution in [0.5, 0.6) is 0 Å². The van der Waals surface area contributed by atoms with E-state index >= 15 is 0 Å². The van der Waals surface area contributed by atoms with Crippen LogP contribution in [0.4, 0.5) is 0 Å². The Morgan fingerprint density at radius 1 is 1.37 bits per heavy atom. The third-order valence-electron chi connectivity index (χ3n) is 4.56. The molecule has 0 bridgehead atoms. The van der Waals surface area contributed by atoms with Crippen molar-refractivity contribution in [1.29, 1.82) is 0 Å². The lowest BCUT2D eigenvalue weighted by Crippen LogP contribution is -2.49. The van der Waals surface area contributed by atoms with Gasteiger partial charge in [0.05, 0.1) is 6.04 Å². The minimum Gasteiger partial charge on any atom is -0.355 e. The number of carbonyl (C=O) groups excluding carboxylic acids is 1. The van der Waals surface area contributed by atoms with Crippen molar-refractivity contribution < 1.29 is 4.79 Å². The van der Waals surface area contributed by atoms with Crippen molar-refractivity contribution in [2.75, 3.05) is 32.7 Å². The Hall–Kier alpha value is -0.610. The number of rotatable bonds is 6. The first kappa shape index (κ1) is 14.8. The zero-order valence-corrected chi connectivity index (χ0v) is 12.3. The molecule has 0 aromatic heterocycles. The molecule has 0 aromatic carbocycles. The van der Waals surface area contributed by atoms with Gasteiger partial charge in [0.1, 0.15) is 0 Å². The second-order valence-electron chi connectivity index (χ2n) is 6.00. The summed E-state index contributed by atoms with van der Waals surface area (Å²) in [4.78, 5) is 14.6. The average Bonchev–Trinajstić information content (AvgIpc) is 2.96. The van der Waals surface area contributed by atoms with Gasteiger partial charge in [-0.15, -0.1) is 0 Å². The van der Waals surface area contributed by atoms with Gasteiger partial charge in [0.15, 0.2) is 0 Å². The van der Waals surface area contributed by atoms with E-state index in [9.17, 15) is 4.79 Å². The normalized spacial score (nSPS) is 28.5. The van der Waals surface area contributed by atoms with Gasteiger partial charge in [-0.25, -0.2) is 0 Å². The first-order valence-corrected chi connectivity index (χ1v) is 8.03. The summed E-state index contributed by atoms with van der Waals surface area (Å²) in [5, 5.41) is 6.44. The summed E-state index contributed by atoms with van der Waals surface area (Å²) in [7, 11) is 0. The molecule has 0 aromatic rings. The molecule has 0 spiro atoms. The second kappa shape index (κ2) is 7.85. The Morgan fingerprint density at radius 3 is 2.89 bits per heavy atom. The average molecular weight is 267 g/mol. The van der Waals surface area contributed by atoms with Crippen LogP contribution < -0.4 is 10.6 Å². The highest BCUT2D eigenvalue weighted by Gasteiger charge is 2.25. The molecule has 2 fully saturated rings. The van der Waals surface area contributed by atoms with Crippen molar-refractivity contribution in [3.63, 3.8) is 0 Å². The number of carbonyl (C=O) groups is 1. The zero-order chi connectivity index (χ0) is 13.5. The number of nitrogens with zero attached hydrogens (tertiary/aromatic N) is 1. The Balaban J connectivity index is 1.58. The van der Waals surface area contributed by atoms with E-state index in [0.717, 1.165) is 38.4 Å². The molecule has 2 atom stereocenters. The molecule has 2 aliphatic heterocycles. The quantitative estimate of drug-likeness (QED) is 0.714. The molecule has 2 unspecified atom stereocenters. The third-order valence-corrected chi connectivity index (χ3v) is 4.56. The Bertz CT molecular complexity index is 277. The highest BCUT2D eigenvalue weighted by Crippen LogP contribution is 2.19. The lowest BCUT2D eigenvalue weighted by molar-refractivity contribution is -0.124. The number of hydrogen-bond acceptors (Lipinski definition) is 3. The fraction of sp³-hybridized carbons (Fsp3) is 0.933. The largest absolute Gasteiger partial charge is 0.355 e. The first-order valence-electron chi connectivity index (χ1n) is 8.03. The van der Waals surface area contributed by atoms with Gasteiger partial charge in [-0.3, -0.25) is 4.79 Å². The van der Waals surface area contributed by atoms with Gasteiger partial charge in [-0.05, 0) is 64.2 Å². The summed E-state index contributed by atoms with van der Waals surface area (Å²) in [5.74, 6) is 0.932. The zero-order valence-electron chi connectivity index (χ0n) is 12.3. The van der Waals surface area contributed by atoms with E-state index in [-0.39, 0.29) is 11.9 Å². The molecule has 2 N–H and O–H groups in total. The van der Waals surface area contributed by atoms with E-state index in [4.69, 9.17) is 0 Å². The summed E-state index contributed by atoms with van der Waals surface area (Å²) in [6.07, 6.45) is 7.19. The number of amides is 1. The van der Waals surface area contributed by atoms with E-state index in [1.54, 1.807) is 0 Å². The van der Waals surface area contributed by atoms with Crippen LogP contribution in [0.25, 0.3) is 0 Å². The van der Waals surface area contributed by atoms with Crippen molar-refractivity contribution >= 4 is 5.91 Å². The summed E-state index contributed by atoms with van der Waals surface area (Å²) in [6.45, 7) is 7.66. The fourth-order valence-electron chi connectivity index (χ4n) is 3.21. The Labute approximate surface area is 117 Å². The minimum atomic E-state index is 0.0467. The van der Waals surface area contributed by atoms with Crippen LogP contribution in [-0.4, -0.2) is 49.6 Å². The number of likely N-dealkylation sites (tertiary alicyclic amines) is 1. The van der Waals surface area contributed by atoms with E-state index in [0.29, 0.717) is 0 Å². The van der Waals surface area contributed by atoms with Crippen LogP contribution in [0, 0.1) is 5.92 Å². The van der Waals surface area contributed by atoms with E-state index in [2.05, 4.69) is 22.5 Å². The lowest BCUT2D eigenvalue weighted by Gasteiger charge is -2.28. The summed E-state index contributed by atoms with van der Waals surface area (Å²) in [5.41, 5.74) is 0. The van der Waals surface area contributed by atoms with Crippen LogP contribution in [0.15, 0.2) is 0 Å². The van der Waals surface area contributed by atoms with Gasteiger partial charge in [-0.1, -0.05) is 13.3 Å². The number of nitrogens with one attached hydrogen (secondary N) is 2. The first-order chi connectivity index (χ1) is 9.29. The molecule has 110 valence electrons. The predicted molar refractivity (Wildman–Crippen MR) is 78.1 cm³/mol. The van der Waals surface area contributed by atoms with Crippen molar-refractivity contribution in [3.05, 3.63) is 0 Å². The predicted octanol–water partition coefficient (Wildman–Crippen LogP) is 1.37. The van der Waals surface area contributed by atoms with E-state index in [1.165, 1.54) is 38.8 Å². The van der Waals surface area contributed by atoms with Gasteiger partial charge in [0.2, 0.25) is 5.91 Å². The number of hydrogen-bond donors (Lipinski definition) is 2. The van der Waals surface area contributed by atoms with Crippen LogP contribution in [0.3, 0.4) is 0 Å². The maximum absolute atomic E-state index is 12.1. The molecule has 2 aliphatic rings. The highest BCUT2D eigenvalue weighted by atomic mass is 16.2. The summed E-state index contributed by atoms with van der Waals surface area (Å²) in [6, 6.07) is 0.0467. The Kier molecular flexibility index (Phi) is 6.11. The maximum atomic E-state index is 12.1. The topological polar surface area (TPSA) is 44.4 Å². The molecule has 0 aliphatic carbocycles. The molecule has 0 radical (unpaired) electrons. The van der Waals surface area contributed by atoms with Gasteiger partial charge in [-0.2, -0.15) is 0 Å². The smallest absolute Gasteiger partial charge is 0.237 e. The molecular formula is C15H29N3O. The molecule has 1 amide bonds. The van der Waals surface area contributed by atoms with Crippen LogP contribution in [0.1, 0.15) is 45.4 Å². The molecule has 4 heteroatoms. The van der Waals surface area contributed by atoms with Crippen LogP contribution >= 0.6 is 0 Å². The molecule has 0 saturated carbocycles. The number of piperidine rings is 1. The molecule has 2 saturated heterocycles. The molecule has 2 heterocycles. The third kappa shape index (κ3) is 4.77. The monoisotopic (exact) mass is 267 g/mol. The van der Waals surface area contributed by atoms with Gasteiger partial charge >= 0.3 is 0 Å². The SMILES string of the molecule is CCC1CCNC(C(=O)NCCCN2CCCC2)C1.